The van der Waals surface area contributed by atoms with Crippen molar-refractivity contribution in [1.82, 2.24) is 0 Å². The summed E-state index contributed by atoms with van der Waals surface area (Å²) in [5.74, 6) is -0.0283. The summed E-state index contributed by atoms with van der Waals surface area (Å²) in [6.45, 7) is 0.785. The predicted octanol–water partition coefficient (Wildman–Crippen LogP) is 1.46. The van der Waals surface area contributed by atoms with Gasteiger partial charge >= 0.3 is 0 Å². The number of hydrogen-bond acceptors (Lipinski definition) is 4. The molecule has 0 bridgehead atoms. The van der Waals surface area contributed by atoms with E-state index in [1.165, 1.54) is 0 Å². The van der Waals surface area contributed by atoms with E-state index in [1.54, 1.807) is 12.1 Å². The number of carbonyl (C=O) groups is 1. The summed E-state index contributed by atoms with van der Waals surface area (Å²) < 4.78 is 6.68. The van der Waals surface area contributed by atoms with Crippen LogP contribution in [0.5, 0.6) is 0 Å². The fourth-order valence-corrected chi connectivity index (χ4v) is 3.52. The number of nitrogens with two attached hydrogens (primary N) is 2. The molecule has 108 valence electrons. The van der Waals surface area contributed by atoms with Gasteiger partial charge in [-0.3, -0.25) is 4.79 Å². The van der Waals surface area contributed by atoms with Crippen molar-refractivity contribution < 1.29 is 9.53 Å². The van der Waals surface area contributed by atoms with Gasteiger partial charge in [-0.25, -0.2) is 0 Å². The number of hydrogen-bond donors (Lipinski definition) is 3. The predicted molar refractivity (Wildman–Crippen MR) is 80.5 cm³/mol. The smallest absolute Gasteiger partial charge is 0.250 e. The lowest BCUT2D eigenvalue weighted by Crippen LogP contribution is -2.69. The minimum atomic E-state index is -0.450. The van der Waals surface area contributed by atoms with Crippen molar-refractivity contribution in [1.29, 1.82) is 0 Å². The zero-order chi connectivity index (χ0) is 14.3. The Labute approximate surface area is 126 Å². The van der Waals surface area contributed by atoms with Crippen molar-refractivity contribution in [2.45, 2.75) is 31.0 Å². The van der Waals surface area contributed by atoms with Crippen LogP contribution in [0.25, 0.3) is 0 Å². The monoisotopic (exact) mass is 339 g/mol. The van der Waals surface area contributed by atoms with Crippen molar-refractivity contribution in [3.05, 3.63) is 28.2 Å². The van der Waals surface area contributed by atoms with E-state index in [2.05, 4.69) is 21.2 Å². The number of fused-ring (bicyclic) bond motifs is 1. The van der Waals surface area contributed by atoms with E-state index < -0.39 is 5.91 Å². The van der Waals surface area contributed by atoms with Gasteiger partial charge < -0.3 is 21.5 Å². The van der Waals surface area contributed by atoms with E-state index in [1.807, 2.05) is 6.07 Å². The third-order valence-corrected chi connectivity index (χ3v) is 4.74. The Morgan fingerprint density at radius 2 is 2.25 bits per heavy atom. The van der Waals surface area contributed by atoms with Crippen LogP contribution in [0.2, 0.25) is 0 Å². The standard InChI is InChI=1S/C14H18BrN3O2/c15-7-3-4-8(14(17)19)10(6-7)18-12-11(16)9-2-1-5-20-13(9)12/h3-4,6,9,11-13,18H,1-2,5,16H2,(H2,17,19). The molecule has 0 radical (unpaired) electrons. The van der Waals surface area contributed by atoms with Crippen LogP contribution in [-0.2, 0) is 4.74 Å². The van der Waals surface area contributed by atoms with Gasteiger partial charge in [0.1, 0.15) is 0 Å². The topological polar surface area (TPSA) is 90.4 Å². The molecule has 4 unspecified atom stereocenters. The average molecular weight is 340 g/mol. The number of nitrogens with one attached hydrogen (secondary N) is 1. The number of ether oxygens (including phenoxy) is 1. The van der Waals surface area contributed by atoms with E-state index in [9.17, 15) is 4.79 Å². The highest BCUT2D eigenvalue weighted by Crippen LogP contribution is 2.39. The van der Waals surface area contributed by atoms with E-state index in [-0.39, 0.29) is 18.2 Å². The summed E-state index contributed by atoms with van der Waals surface area (Å²) >= 11 is 3.40. The number of halogens is 1. The zero-order valence-corrected chi connectivity index (χ0v) is 12.6. The van der Waals surface area contributed by atoms with Crippen molar-refractivity contribution in [3.8, 4) is 0 Å². The van der Waals surface area contributed by atoms with Gasteiger partial charge in [0.05, 0.1) is 17.7 Å². The molecule has 1 aliphatic heterocycles. The summed E-state index contributed by atoms with van der Waals surface area (Å²) in [7, 11) is 0. The van der Waals surface area contributed by atoms with Crippen LogP contribution in [-0.4, -0.2) is 30.7 Å². The van der Waals surface area contributed by atoms with Crippen LogP contribution in [0.3, 0.4) is 0 Å². The fraction of sp³-hybridized carbons (Fsp3) is 0.500. The molecule has 4 atom stereocenters. The number of benzene rings is 1. The Balaban J connectivity index is 1.81. The summed E-state index contributed by atoms with van der Waals surface area (Å²) in [4.78, 5) is 11.5. The van der Waals surface area contributed by atoms with Gasteiger partial charge in [-0.05, 0) is 31.0 Å². The Morgan fingerprint density at radius 1 is 1.45 bits per heavy atom. The Bertz CT molecular complexity index is 537. The Kier molecular flexibility index (Phi) is 3.70. The third-order valence-electron chi connectivity index (χ3n) is 4.25. The van der Waals surface area contributed by atoms with Gasteiger partial charge in [-0.15, -0.1) is 0 Å². The first-order chi connectivity index (χ1) is 9.58. The molecule has 5 N–H and O–H groups in total. The summed E-state index contributed by atoms with van der Waals surface area (Å²) in [5.41, 5.74) is 12.8. The number of rotatable bonds is 3. The van der Waals surface area contributed by atoms with E-state index in [0.717, 1.165) is 23.9 Å². The molecule has 1 aromatic rings. The fourth-order valence-electron chi connectivity index (χ4n) is 3.16. The lowest BCUT2D eigenvalue weighted by Gasteiger charge is -2.52. The minimum absolute atomic E-state index is 0.0349. The number of anilines is 1. The summed E-state index contributed by atoms with van der Waals surface area (Å²) in [5, 5.41) is 3.34. The molecule has 3 rings (SSSR count). The molecule has 2 fully saturated rings. The number of primary amides is 1. The Morgan fingerprint density at radius 3 is 3.00 bits per heavy atom. The first kappa shape index (κ1) is 13.9. The second-order valence-electron chi connectivity index (χ2n) is 5.44. The quantitative estimate of drug-likeness (QED) is 0.777. The first-order valence-electron chi connectivity index (χ1n) is 6.81. The molecule has 1 aliphatic carbocycles. The van der Waals surface area contributed by atoms with Crippen LogP contribution < -0.4 is 16.8 Å². The van der Waals surface area contributed by atoms with Crippen LogP contribution in [0.4, 0.5) is 5.69 Å². The molecule has 6 heteroatoms. The average Bonchev–Trinajstić information content (AvgIpc) is 2.44. The maximum atomic E-state index is 11.5. The minimum Gasteiger partial charge on any atom is -0.377 e. The maximum absolute atomic E-state index is 11.5. The highest BCUT2D eigenvalue weighted by Gasteiger charge is 2.50. The molecule has 1 aromatic carbocycles. The van der Waals surface area contributed by atoms with Crippen molar-refractivity contribution in [2.24, 2.45) is 17.4 Å². The van der Waals surface area contributed by atoms with Crippen molar-refractivity contribution >= 4 is 27.5 Å². The molecule has 1 saturated heterocycles. The highest BCUT2D eigenvalue weighted by molar-refractivity contribution is 9.10. The van der Waals surface area contributed by atoms with Gasteiger partial charge in [0.15, 0.2) is 0 Å². The normalized spacial score (nSPS) is 32.1. The molecular weight excluding hydrogens is 322 g/mol. The second kappa shape index (κ2) is 5.35. The Hall–Kier alpha value is -1.11. The highest BCUT2D eigenvalue weighted by atomic mass is 79.9. The maximum Gasteiger partial charge on any atom is 0.250 e. The number of amides is 1. The zero-order valence-electron chi connectivity index (χ0n) is 11.0. The van der Waals surface area contributed by atoms with Gasteiger partial charge in [-0.2, -0.15) is 0 Å². The molecule has 0 spiro atoms. The molecule has 1 heterocycles. The lowest BCUT2D eigenvalue weighted by atomic mass is 9.68. The van der Waals surface area contributed by atoms with Gasteiger partial charge in [0.25, 0.3) is 5.91 Å². The molecule has 0 aromatic heterocycles. The van der Waals surface area contributed by atoms with Crippen LogP contribution >= 0.6 is 15.9 Å². The van der Waals surface area contributed by atoms with E-state index in [0.29, 0.717) is 17.2 Å². The van der Waals surface area contributed by atoms with E-state index in [4.69, 9.17) is 16.2 Å². The van der Waals surface area contributed by atoms with Crippen LogP contribution in [0, 0.1) is 5.92 Å². The van der Waals surface area contributed by atoms with Gasteiger partial charge in [-0.1, -0.05) is 15.9 Å². The van der Waals surface area contributed by atoms with Gasteiger partial charge in [0, 0.05) is 28.7 Å². The summed E-state index contributed by atoms with van der Waals surface area (Å²) in [6.07, 6.45) is 2.33. The molecular formula is C14H18BrN3O2. The second-order valence-corrected chi connectivity index (χ2v) is 6.36. The molecule has 20 heavy (non-hydrogen) atoms. The molecule has 2 aliphatic rings. The lowest BCUT2D eigenvalue weighted by molar-refractivity contribution is -0.104. The van der Waals surface area contributed by atoms with E-state index >= 15 is 0 Å². The number of carbonyl (C=O) groups excluding carboxylic acids is 1. The molecule has 1 amide bonds. The van der Waals surface area contributed by atoms with Crippen molar-refractivity contribution in [2.75, 3.05) is 11.9 Å². The van der Waals surface area contributed by atoms with Crippen LogP contribution in [0.15, 0.2) is 22.7 Å². The summed E-state index contributed by atoms with van der Waals surface area (Å²) in [6, 6.07) is 5.44. The SMILES string of the molecule is NC(=O)c1ccc(Br)cc1NC1C(N)C2CCCOC21. The third kappa shape index (κ3) is 2.32. The largest absolute Gasteiger partial charge is 0.377 e. The van der Waals surface area contributed by atoms with Gasteiger partial charge in [0.2, 0.25) is 0 Å². The van der Waals surface area contributed by atoms with Crippen molar-refractivity contribution in [3.63, 3.8) is 0 Å². The van der Waals surface area contributed by atoms with Crippen LogP contribution in [0.1, 0.15) is 23.2 Å². The first-order valence-corrected chi connectivity index (χ1v) is 7.60. The molecule has 5 nitrogen and oxygen atoms in total. The molecule has 1 saturated carbocycles.